The quantitative estimate of drug-likeness (QED) is 0.586. The van der Waals surface area contributed by atoms with Gasteiger partial charge in [-0.15, -0.1) is 0 Å². The first-order chi connectivity index (χ1) is 10.2. The maximum absolute atomic E-state index is 10.9. The molecule has 1 aromatic rings. The Morgan fingerprint density at radius 3 is 2.29 bits per heavy atom. The number of methoxy groups -OCH3 is 1. The standard InChI is InChI=1S/C15H23NO5/c1-19-9-10-21-12-11-20-8-7-16(13-15(17)18)14-5-3-2-4-6-14/h2-6H,7-13H2,1H3,(H,17,18). The van der Waals surface area contributed by atoms with Crippen LogP contribution in [0.4, 0.5) is 5.69 Å². The van der Waals surface area contributed by atoms with Crippen molar-refractivity contribution >= 4 is 11.7 Å². The van der Waals surface area contributed by atoms with Gasteiger partial charge >= 0.3 is 5.97 Å². The molecule has 0 bridgehead atoms. The van der Waals surface area contributed by atoms with Crippen LogP contribution in [0.1, 0.15) is 0 Å². The first-order valence-electron chi connectivity index (χ1n) is 6.90. The summed E-state index contributed by atoms with van der Waals surface area (Å²) in [5.74, 6) is -0.859. The molecule has 1 rings (SSSR count). The first-order valence-corrected chi connectivity index (χ1v) is 6.90. The fourth-order valence-electron chi connectivity index (χ4n) is 1.74. The average molecular weight is 297 g/mol. The number of hydrogen-bond acceptors (Lipinski definition) is 5. The lowest BCUT2D eigenvalue weighted by Crippen LogP contribution is -2.33. The largest absolute Gasteiger partial charge is 0.480 e. The Morgan fingerprint density at radius 2 is 1.67 bits per heavy atom. The molecule has 0 atom stereocenters. The highest BCUT2D eigenvalue weighted by atomic mass is 16.5. The zero-order valence-electron chi connectivity index (χ0n) is 12.4. The van der Waals surface area contributed by atoms with Gasteiger partial charge in [-0.1, -0.05) is 18.2 Å². The number of aliphatic carboxylic acids is 1. The number of benzene rings is 1. The third-order valence-electron chi connectivity index (χ3n) is 2.76. The van der Waals surface area contributed by atoms with Crippen LogP contribution >= 0.6 is 0 Å². The highest BCUT2D eigenvalue weighted by molar-refractivity contribution is 5.73. The predicted molar refractivity (Wildman–Crippen MR) is 79.8 cm³/mol. The zero-order valence-corrected chi connectivity index (χ0v) is 12.4. The fourth-order valence-corrected chi connectivity index (χ4v) is 1.74. The third-order valence-corrected chi connectivity index (χ3v) is 2.76. The Hall–Kier alpha value is -1.63. The van der Waals surface area contributed by atoms with Crippen LogP contribution in [0.3, 0.4) is 0 Å². The van der Waals surface area contributed by atoms with Crippen LogP contribution in [0.5, 0.6) is 0 Å². The molecule has 1 aromatic carbocycles. The summed E-state index contributed by atoms with van der Waals surface area (Å²) in [7, 11) is 1.63. The minimum Gasteiger partial charge on any atom is -0.480 e. The monoisotopic (exact) mass is 297 g/mol. The number of carboxylic acid groups (broad SMARTS) is 1. The lowest BCUT2D eigenvalue weighted by Gasteiger charge is -2.22. The average Bonchev–Trinajstić information content (AvgIpc) is 2.49. The molecule has 6 heteroatoms. The molecule has 0 aromatic heterocycles. The van der Waals surface area contributed by atoms with E-state index in [2.05, 4.69) is 0 Å². The van der Waals surface area contributed by atoms with Gasteiger partial charge in [0.1, 0.15) is 6.54 Å². The van der Waals surface area contributed by atoms with Crippen LogP contribution in [0.25, 0.3) is 0 Å². The topological polar surface area (TPSA) is 68.2 Å². The Kier molecular flexibility index (Phi) is 9.19. The van der Waals surface area contributed by atoms with Gasteiger partial charge in [0.05, 0.1) is 33.0 Å². The number of ether oxygens (including phenoxy) is 3. The van der Waals surface area contributed by atoms with E-state index in [4.69, 9.17) is 19.3 Å². The van der Waals surface area contributed by atoms with Crippen LogP contribution < -0.4 is 4.90 Å². The molecule has 0 aliphatic rings. The molecule has 1 N–H and O–H groups in total. The zero-order chi connectivity index (χ0) is 15.3. The van der Waals surface area contributed by atoms with Gasteiger partial charge in [0.25, 0.3) is 0 Å². The summed E-state index contributed by atoms with van der Waals surface area (Å²) in [5.41, 5.74) is 0.875. The first kappa shape index (κ1) is 17.4. The van der Waals surface area contributed by atoms with Crippen molar-refractivity contribution in [3.05, 3.63) is 30.3 Å². The fraction of sp³-hybridized carbons (Fsp3) is 0.533. The molecule has 0 radical (unpaired) electrons. The van der Waals surface area contributed by atoms with E-state index in [9.17, 15) is 4.79 Å². The van der Waals surface area contributed by atoms with E-state index in [-0.39, 0.29) is 6.54 Å². The molecular formula is C15H23NO5. The number of nitrogens with zero attached hydrogens (tertiary/aromatic N) is 1. The van der Waals surface area contributed by atoms with E-state index >= 15 is 0 Å². The van der Waals surface area contributed by atoms with E-state index in [1.54, 1.807) is 12.0 Å². The smallest absolute Gasteiger partial charge is 0.323 e. The Labute approximate surface area is 125 Å². The van der Waals surface area contributed by atoms with Crippen molar-refractivity contribution in [1.29, 1.82) is 0 Å². The lowest BCUT2D eigenvalue weighted by molar-refractivity contribution is -0.135. The number of hydrogen-bond donors (Lipinski definition) is 1. The van der Waals surface area contributed by atoms with Crippen molar-refractivity contribution in [2.45, 2.75) is 0 Å². The van der Waals surface area contributed by atoms with Crippen molar-refractivity contribution in [3.8, 4) is 0 Å². The summed E-state index contributed by atoms with van der Waals surface area (Å²) in [4.78, 5) is 12.7. The number of para-hydroxylation sites is 1. The summed E-state index contributed by atoms with van der Waals surface area (Å²) >= 11 is 0. The predicted octanol–water partition coefficient (Wildman–Crippen LogP) is 1.26. The van der Waals surface area contributed by atoms with E-state index < -0.39 is 5.97 Å². The molecule has 0 aliphatic carbocycles. The summed E-state index contributed by atoms with van der Waals surface area (Å²) in [6, 6.07) is 9.44. The molecule has 0 saturated heterocycles. The number of carboxylic acids is 1. The molecule has 0 amide bonds. The second kappa shape index (κ2) is 11.1. The van der Waals surface area contributed by atoms with Crippen LogP contribution in [-0.4, -0.2) is 64.3 Å². The normalized spacial score (nSPS) is 10.5. The second-order valence-corrected chi connectivity index (χ2v) is 4.37. The van der Waals surface area contributed by atoms with Gasteiger partial charge in [-0.05, 0) is 12.1 Å². The van der Waals surface area contributed by atoms with E-state index in [1.807, 2.05) is 30.3 Å². The molecular weight excluding hydrogens is 274 g/mol. The van der Waals surface area contributed by atoms with Gasteiger partial charge < -0.3 is 24.2 Å². The van der Waals surface area contributed by atoms with Crippen molar-refractivity contribution in [1.82, 2.24) is 0 Å². The minimum atomic E-state index is -0.859. The van der Waals surface area contributed by atoms with Crippen molar-refractivity contribution in [2.75, 3.05) is 58.1 Å². The summed E-state index contributed by atoms with van der Waals surface area (Å²) in [5, 5.41) is 8.95. The summed E-state index contributed by atoms with van der Waals surface area (Å²) in [6.45, 7) is 3.05. The van der Waals surface area contributed by atoms with E-state index in [0.717, 1.165) is 5.69 Å². The van der Waals surface area contributed by atoms with Crippen LogP contribution in [-0.2, 0) is 19.0 Å². The van der Waals surface area contributed by atoms with Gasteiger partial charge in [-0.2, -0.15) is 0 Å². The number of anilines is 1. The van der Waals surface area contributed by atoms with Crippen molar-refractivity contribution in [3.63, 3.8) is 0 Å². The van der Waals surface area contributed by atoms with Crippen molar-refractivity contribution < 1.29 is 24.1 Å². The molecule has 0 heterocycles. The Bertz CT molecular complexity index is 385. The lowest BCUT2D eigenvalue weighted by atomic mass is 10.3. The molecule has 0 fully saturated rings. The number of rotatable bonds is 12. The maximum atomic E-state index is 10.9. The van der Waals surface area contributed by atoms with Gasteiger partial charge in [-0.3, -0.25) is 4.79 Å². The van der Waals surface area contributed by atoms with E-state index in [1.165, 1.54) is 0 Å². The molecule has 0 saturated carbocycles. The molecule has 0 unspecified atom stereocenters. The van der Waals surface area contributed by atoms with Gasteiger partial charge in [0, 0.05) is 19.3 Å². The maximum Gasteiger partial charge on any atom is 0.323 e. The van der Waals surface area contributed by atoms with Crippen LogP contribution in [0.2, 0.25) is 0 Å². The molecule has 0 spiro atoms. The second-order valence-electron chi connectivity index (χ2n) is 4.37. The van der Waals surface area contributed by atoms with Crippen molar-refractivity contribution in [2.24, 2.45) is 0 Å². The third kappa shape index (κ3) is 8.29. The minimum absolute atomic E-state index is 0.0439. The number of carbonyl (C=O) groups is 1. The molecule has 0 aliphatic heterocycles. The van der Waals surface area contributed by atoms with Gasteiger partial charge in [0.15, 0.2) is 0 Å². The molecule has 21 heavy (non-hydrogen) atoms. The highest BCUT2D eigenvalue weighted by Gasteiger charge is 2.09. The summed E-state index contributed by atoms with van der Waals surface area (Å²) < 4.78 is 15.6. The molecule has 6 nitrogen and oxygen atoms in total. The van der Waals surface area contributed by atoms with Crippen LogP contribution in [0.15, 0.2) is 30.3 Å². The SMILES string of the molecule is COCCOCCOCCN(CC(=O)O)c1ccccc1. The van der Waals surface area contributed by atoms with Gasteiger partial charge in [-0.25, -0.2) is 0 Å². The Morgan fingerprint density at radius 1 is 1.05 bits per heavy atom. The van der Waals surface area contributed by atoms with E-state index in [0.29, 0.717) is 39.6 Å². The molecule has 118 valence electrons. The van der Waals surface area contributed by atoms with Crippen LogP contribution in [0, 0.1) is 0 Å². The Balaban J connectivity index is 2.23. The van der Waals surface area contributed by atoms with Gasteiger partial charge in [0.2, 0.25) is 0 Å². The highest BCUT2D eigenvalue weighted by Crippen LogP contribution is 2.12. The summed E-state index contributed by atoms with van der Waals surface area (Å²) in [6.07, 6.45) is 0.